The maximum atomic E-state index is 13.8. The van der Waals surface area contributed by atoms with E-state index in [1.807, 2.05) is 51.1 Å². The Kier molecular flexibility index (Phi) is 8.63. The summed E-state index contributed by atoms with van der Waals surface area (Å²) in [6, 6.07) is 11.6. The molecule has 4 rings (SSSR count). The molecule has 0 aliphatic carbocycles. The van der Waals surface area contributed by atoms with Crippen LogP contribution in [0.5, 0.6) is 5.75 Å². The van der Waals surface area contributed by atoms with Gasteiger partial charge in [-0.2, -0.15) is 0 Å². The number of rotatable bonds is 8. The number of aliphatic hydroxyl groups is 1. The van der Waals surface area contributed by atoms with Crippen molar-refractivity contribution in [3.63, 3.8) is 0 Å². The van der Waals surface area contributed by atoms with Gasteiger partial charge in [-0.15, -0.1) is 0 Å². The fraction of sp³-hybridized carbons (Fsp3) is 0.387. The molecule has 1 unspecified atom stereocenters. The van der Waals surface area contributed by atoms with Crippen LogP contribution in [0, 0.1) is 5.41 Å². The maximum Gasteiger partial charge on any atom is 0.363 e. The number of hydrogen-bond acceptors (Lipinski definition) is 7. The van der Waals surface area contributed by atoms with Gasteiger partial charge in [-0.3, -0.25) is 14.4 Å². The summed E-state index contributed by atoms with van der Waals surface area (Å²) < 4.78 is 5.12. The number of nitrogens with zero attached hydrogens (tertiary/aromatic N) is 2. The Morgan fingerprint density at radius 1 is 1.07 bits per heavy atom. The van der Waals surface area contributed by atoms with Crippen molar-refractivity contribution in [2.75, 3.05) is 18.5 Å². The number of ether oxygens (including phenoxy) is 1. The molecule has 43 heavy (non-hydrogen) atoms. The van der Waals surface area contributed by atoms with Crippen molar-refractivity contribution in [2.24, 2.45) is 5.41 Å². The molecule has 2 aromatic rings. The molecule has 2 aromatic carbocycles. The van der Waals surface area contributed by atoms with E-state index in [-0.39, 0.29) is 23.1 Å². The number of benzene rings is 2. The van der Waals surface area contributed by atoms with E-state index in [1.54, 1.807) is 7.05 Å². The summed E-state index contributed by atoms with van der Waals surface area (Å²) >= 11 is 0. The molecule has 4 N–H and O–H groups in total. The van der Waals surface area contributed by atoms with Crippen LogP contribution in [0.15, 0.2) is 54.6 Å². The van der Waals surface area contributed by atoms with Crippen molar-refractivity contribution in [1.29, 1.82) is 0 Å². The van der Waals surface area contributed by atoms with Crippen LogP contribution in [0.1, 0.15) is 50.8 Å². The van der Waals surface area contributed by atoms with Gasteiger partial charge < -0.3 is 35.2 Å². The predicted octanol–water partition coefficient (Wildman–Crippen LogP) is 2.22. The van der Waals surface area contributed by atoms with Gasteiger partial charge in [-0.1, -0.05) is 45.0 Å². The number of aliphatic hydroxyl groups excluding tert-OH is 1. The molecule has 0 radical (unpaired) electrons. The lowest BCUT2D eigenvalue weighted by atomic mass is 9.85. The third-order valence-corrected chi connectivity index (χ3v) is 7.74. The lowest BCUT2D eigenvalue weighted by Crippen LogP contribution is -2.57. The molecule has 2 aliphatic heterocycles. The van der Waals surface area contributed by atoms with Crippen LogP contribution in [0.3, 0.4) is 0 Å². The topological polar surface area (TPSA) is 174 Å². The number of carbonyl (C=O) groups is 5. The van der Waals surface area contributed by atoms with Crippen LogP contribution < -0.4 is 15.0 Å². The van der Waals surface area contributed by atoms with Gasteiger partial charge in [0.1, 0.15) is 23.9 Å². The van der Waals surface area contributed by atoms with Crippen molar-refractivity contribution < 1.29 is 44.0 Å². The quantitative estimate of drug-likeness (QED) is 0.264. The lowest BCUT2D eigenvalue weighted by Gasteiger charge is -2.36. The minimum Gasteiger partial charge on any atom is -0.478 e. The molecular formula is C31H35N3O9. The number of carbonyl (C=O) groups excluding carboxylic acids is 3. The van der Waals surface area contributed by atoms with Gasteiger partial charge in [-0.25, -0.2) is 9.59 Å². The Labute approximate surface area is 248 Å². The Hall–Kier alpha value is -4.71. The fourth-order valence-electron chi connectivity index (χ4n) is 5.30. The molecule has 228 valence electrons. The third kappa shape index (κ3) is 5.96. The first-order valence-corrected chi connectivity index (χ1v) is 13.8. The zero-order valence-electron chi connectivity index (χ0n) is 24.3. The highest BCUT2D eigenvalue weighted by molar-refractivity contribution is 6.04. The number of anilines is 1. The van der Waals surface area contributed by atoms with Crippen molar-refractivity contribution in [3.05, 3.63) is 65.7 Å². The number of hydrogen-bond donors (Lipinski definition) is 4. The molecule has 0 spiro atoms. The van der Waals surface area contributed by atoms with Crippen molar-refractivity contribution in [1.82, 2.24) is 10.2 Å². The SMILES string of the molecule is CN(C(=O)[C@@H]1CCCN1C(=O)[C@@H](NC(=O)C=Cc1ccc2c(c1)C(O)C(C(=O)O)(C(=O)O)O2)C(C)(C)C)c1ccccc1. The van der Waals surface area contributed by atoms with Crippen LogP contribution >= 0.6 is 0 Å². The van der Waals surface area contributed by atoms with Crippen molar-refractivity contribution in [3.8, 4) is 5.75 Å². The van der Waals surface area contributed by atoms with E-state index in [1.165, 1.54) is 40.2 Å². The average Bonchev–Trinajstić information content (AvgIpc) is 3.57. The molecule has 0 aromatic heterocycles. The molecule has 12 nitrogen and oxygen atoms in total. The molecule has 3 atom stereocenters. The fourth-order valence-corrected chi connectivity index (χ4v) is 5.30. The molecule has 2 aliphatic rings. The van der Waals surface area contributed by atoms with Gasteiger partial charge in [0.05, 0.1) is 0 Å². The largest absolute Gasteiger partial charge is 0.478 e. The van der Waals surface area contributed by atoms with E-state index in [4.69, 9.17) is 4.74 Å². The molecule has 1 fully saturated rings. The highest BCUT2D eigenvalue weighted by Crippen LogP contribution is 2.44. The van der Waals surface area contributed by atoms with Gasteiger partial charge in [0.15, 0.2) is 0 Å². The maximum absolute atomic E-state index is 13.8. The normalized spacial score (nSPS) is 19.8. The summed E-state index contributed by atoms with van der Waals surface area (Å²) in [6.07, 6.45) is 1.72. The summed E-state index contributed by atoms with van der Waals surface area (Å²) in [4.78, 5) is 66.5. The zero-order valence-corrected chi connectivity index (χ0v) is 24.3. The monoisotopic (exact) mass is 593 g/mol. The summed E-state index contributed by atoms with van der Waals surface area (Å²) in [7, 11) is 1.67. The second kappa shape index (κ2) is 11.9. The average molecular weight is 594 g/mol. The Morgan fingerprint density at radius 2 is 1.72 bits per heavy atom. The number of aliphatic carboxylic acids is 2. The summed E-state index contributed by atoms with van der Waals surface area (Å²) in [5.74, 6) is -5.00. The highest BCUT2D eigenvalue weighted by atomic mass is 16.6. The minimum atomic E-state index is -2.88. The molecule has 1 saturated heterocycles. The first-order chi connectivity index (χ1) is 20.2. The molecular weight excluding hydrogens is 558 g/mol. The highest BCUT2D eigenvalue weighted by Gasteiger charge is 2.61. The van der Waals surface area contributed by atoms with Crippen LogP contribution in [-0.2, 0) is 24.0 Å². The number of para-hydroxylation sites is 1. The zero-order chi connectivity index (χ0) is 31.7. The Bertz CT molecular complexity index is 1450. The third-order valence-electron chi connectivity index (χ3n) is 7.74. The van der Waals surface area contributed by atoms with Gasteiger partial charge in [0.2, 0.25) is 17.7 Å². The van der Waals surface area contributed by atoms with E-state index < -0.39 is 47.0 Å². The van der Waals surface area contributed by atoms with Gasteiger partial charge in [0, 0.05) is 30.9 Å². The number of carboxylic acid groups (broad SMARTS) is 2. The number of amides is 3. The number of likely N-dealkylation sites (tertiary alicyclic amines) is 1. The lowest BCUT2D eigenvalue weighted by molar-refractivity contribution is -0.180. The predicted molar refractivity (Wildman–Crippen MR) is 155 cm³/mol. The first-order valence-electron chi connectivity index (χ1n) is 13.8. The first kappa shape index (κ1) is 31.2. The molecule has 0 bridgehead atoms. The molecule has 0 saturated carbocycles. The van der Waals surface area contributed by atoms with Crippen LogP contribution in [0.2, 0.25) is 0 Å². The van der Waals surface area contributed by atoms with Crippen LogP contribution in [-0.4, -0.2) is 81.2 Å². The van der Waals surface area contributed by atoms with Crippen molar-refractivity contribution >= 4 is 41.4 Å². The smallest absolute Gasteiger partial charge is 0.363 e. The summed E-state index contributed by atoms with van der Waals surface area (Å²) in [5.41, 5.74) is -2.57. The van der Waals surface area contributed by atoms with E-state index >= 15 is 0 Å². The van der Waals surface area contributed by atoms with Gasteiger partial charge >= 0.3 is 17.5 Å². The van der Waals surface area contributed by atoms with Crippen LogP contribution in [0.4, 0.5) is 5.69 Å². The van der Waals surface area contributed by atoms with Gasteiger partial charge in [0.25, 0.3) is 0 Å². The van der Waals surface area contributed by atoms with E-state index in [9.17, 15) is 39.3 Å². The second-order valence-corrected chi connectivity index (χ2v) is 11.7. The second-order valence-electron chi connectivity index (χ2n) is 11.7. The summed E-state index contributed by atoms with van der Waals surface area (Å²) in [6.45, 7) is 5.80. The Balaban J connectivity index is 1.49. The number of likely N-dealkylation sites (N-methyl/N-ethyl adjacent to an activating group) is 1. The van der Waals surface area contributed by atoms with E-state index in [0.717, 1.165) is 0 Å². The summed E-state index contributed by atoms with van der Waals surface area (Å²) in [5, 5.41) is 32.1. The van der Waals surface area contributed by atoms with E-state index in [0.29, 0.717) is 30.6 Å². The Morgan fingerprint density at radius 3 is 2.33 bits per heavy atom. The van der Waals surface area contributed by atoms with Gasteiger partial charge in [-0.05, 0) is 54.2 Å². The number of nitrogens with one attached hydrogen (secondary N) is 1. The van der Waals surface area contributed by atoms with E-state index in [2.05, 4.69) is 5.32 Å². The minimum absolute atomic E-state index is 0.0553. The van der Waals surface area contributed by atoms with Crippen molar-refractivity contribution in [2.45, 2.75) is 57.4 Å². The number of carboxylic acids is 2. The van der Waals surface area contributed by atoms with Crippen LogP contribution in [0.25, 0.3) is 6.08 Å². The number of fused-ring (bicyclic) bond motifs is 1. The standard InChI is InChI=1S/C31H35N3O9/c1-30(2,3)24(27(38)34-16-8-11-21(34)26(37)33(4)19-9-6-5-7-10-19)32-23(35)15-13-18-12-14-22-20(17-18)25(36)31(43-22,28(39)40)29(41)42/h5-7,9-10,12-15,17,21,24-25,36H,8,11,16H2,1-4H3,(H,32,35)(H,39,40)(H,41,42)/t21-,24+,25?/m0/s1. The molecule has 12 heteroatoms. The molecule has 2 heterocycles. The molecule has 3 amide bonds.